The predicted octanol–water partition coefficient (Wildman–Crippen LogP) is 3.71. The molecular formula is C18H14ClN3O2. The summed E-state index contributed by atoms with van der Waals surface area (Å²) in [7, 11) is 0. The molecule has 1 amide bonds. The predicted molar refractivity (Wildman–Crippen MR) is 91.8 cm³/mol. The third kappa shape index (κ3) is 2.53. The summed E-state index contributed by atoms with van der Waals surface area (Å²) in [6, 6.07) is 14.2. The number of hydrogen-bond donors (Lipinski definition) is 2. The molecule has 0 radical (unpaired) electrons. The van der Waals surface area contributed by atoms with Crippen LogP contribution in [0, 0.1) is 0 Å². The van der Waals surface area contributed by atoms with Crippen molar-refractivity contribution in [2.24, 2.45) is 0 Å². The molecule has 2 aromatic carbocycles. The van der Waals surface area contributed by atoms with Gasteiger partial charge in [0, 0.05) is 22.9 Å². The Hall–Kier alpha value is -2.79. The van der Waals surface area contributed by atoms with Crippen molar-refractivity contribution in [3.05, 3.63) is 70.9 Å². The number of amides is 1. The minimum atomic E-state index is -0.0951. The Morgan fingerprint density at radius 1 is 1.21 bits per heavy atom. The summed E-state index contributed by atoms with van der Waals surface area (Å²) in [6.07, 6.45) is 2.12. The highest BCUT2D eigenvalue weighted by Crippen LogP contribution is 2.38. The van der Waals surface area contributed by atoms with E-state index in [1.54, 1.807) is 35.1 Å². The van der Waals surface area contributed by atoms with Crippen LogP contribution in [0.2, 0.25) is 5.02 Å². The maximum absolute atomic E-state index is 12.2. The topological polar surface area (TPSA) is 67.1 Å². The SMILES string of the molecule is O=C1CC(c2ccc(O)cc2)c2cnn(-c3cccc(Cl)c3)c2N1. The molecule has 2 heterocycles. The molecule has 4 rings (SSSR count). The fraction of sp³-hybridized carbons (Fsp3) is 0.111. The minimum absolute atomic E-state index is 0.0654. The van der Waals surface area contributed by atoms with Gasteiger partial charge in [0.25, 0.3) is 0 Å². The second-order valence-corrected chi connectivity index (χ2v) is 6.17. The van der Waals surface area contributed by atoms with Crippen molar-refractivity contribution in [2.45, 2.75) is 12.3 Å². The lowest BCUT2D eigenvalue weighted by Gasteiger charge is -2.23. The van der Waals surface area contributed by atoms with Gasteiger partial charge < -0.3 is 10.4 Å². The average Bonchev–Trinajstić information content (AvgIpc) is 2.98. The summed E-state index contributed by atoms with van der Waals surface area (Å²) in [4.78, 5) is 12.2. The zero-order valence-corrected chi connectivity index (χ0v) is 13.4. The standard InChI is InChI=1S/C18H14ClN3O2/c19-12-2-1-3-13(8-12)22-18-16(10-20-22)15(9-17(24)21-18)11-4-6-14(23)7-5-11/h1-8,10,15,23H,9H2,(H,21,24). The molecule has 0 aliphatic carbocycles. The molecule has 1 unspecified atom stereocenters. The first-order chi connectivity index (χ1) is 11.6. The summed E-state index contributed by atoms with van der Waals surface area (Å²) in [5.41, 5.74) is 2.70. The normalized spacial score (nSPS) is 16.5. The lowest BCUT2D eigenvalue weighted by molar-refractivity contribution is -0.116. The molecule has 24 heavy (non-hydrogen) atoms. The average molecular weight is 340 g/mol. The number of aromatic nitrogens is 2. The van der Waals surface area contributed by atoms with Crippen molar-refractivity contribution in [3.63, 3.8) is 0 Å². The number of anilines is 1. The molecule has 6 heteroatoms. The maximum Gasteiger partial charge on any atom is 0.226 e. The first-order valence-electron chi connectivity index (χ1n) is 7.54. The van der Waals surface area contributed by atoms with E-state index in [0.29, 0.717) is 17.3 Å². The van der Waals surface area contributed by atoms with Crippen LogP contribution in [-0.2, 0) is 4.79 Å². The molecule has 0 bridgehead atoms. The quantitative estimate of drug-likeness (QED) is 0.748. The fourth-order valence-corrected chi connectivity index (χ4v) is 3.21. The molecule has 1 aliphatic rings. The van der Waals surface area contributed by atoms with Gasteiger partial charge in [-0.25, -0.2) is 4.68 Å². The number of benzene rings is 2. The molecule has 0 fully saturated rings. The molecule has 1 aromatic heterocycles. The van der Waals surface area contributed by atoms with E-state index < -0.39 is 0 Å². The van der Waals surface area contributed by atoms with E-state index in [0.717, 1.165) is 16.8 Å². The van der Waals surface area contributed by atoms with Crippen LogP contribution < -0.4 is 5.32 Å². The number of halogens is 1. The third-order valence-corrected chi connectivity index (χ3v) is 4.40. The van der Waals surface area contributed by atoms with E-state index in [1.165, 1.54) is 0 Å². The summed E-state index contributed by atoms with van der Waals surface area (Å²) < 4.78 is 1.69. The van der Waals surface area contributed by atoms with Crippen molar-refractivity contribution >= 4 is 23.3 Å². The van der Waals surface area contributed by atoms with Crippen LogP contribution in [0.3, 0.4) is 0 Å². The number of aromatic hydroxyl groups is 1. The number of phenolic OH excluding ortho intramolecular Hbond substituents is 1. The lowest BCUT2D eigenvalue weighted by atomic mass is 9.87. The van der Waals surface area contributed by atoms with Gasteiger partial charge in [0.05, 0.1) is 11.9 Å². The number of carbonyl (C=O) groups excluding carboxylic acids is 1. The number of rotatable bonds is 2. The largest absolute Gasteiger partial charge is 0.508 e. The van der Waals surface area contributed by atoms with Gasteiger partial charge >= 0.3 is 0 Å². The van der Waals surface area contributed by atoms with E-state index in [1.807, 2.05) is 24.3 Å². The van der Waals surface area contributed by atoms with E-state index >= 15 is 0 Å². The van der Waals surface area contributed by atoms with Gasteiger partial charge in [0.1, 0.15) is 11.6 Å². The Labute approximate surface area is 143 Å². The first-order valence-corrected chi connectivity index (χ1v) is 7.92. The number of hydrogen-bond acceptors (Lipinski definition) is 3. The zero-order chi connectivity index (χ0) is 16.7. The molecular weight excluding hydrogens is 326 g/mol. The van der Waals surface area contributed by atoms with Crippen LogP contribution in [-0.4, -0.2) is 20.8 Å². The van der Waals surface area contributed by atoms with Crippen molar-refractivity contribution in [3.8, 4) is 11.4 Å². The molecule has 5 nitrogen and oxygen atoms in total. The highest BCUT2D eigenvalue weighted by Gasteiger charge is 2.30. The van der Waals surface area contributed by atoms with Crippen molar-refractivity contribution in [1.82, 2.24) is 9.78 Å². The Morgan fingerprint density at radius 3 is 2.75 bits per heavy atom. The number of carbonyl (C=O) groups is 1. The van der Waals surface area contributed by atoms with Crippen molar-refractivity contribution in [2.75, 3.05) is 5.32 Å². The molecule has 1 aliphatic heterocycles. The van der Waals surface area contributed by atoms with Gasteiger partial charge in [-0.3, -0.25) is 4.79 Å². The Kier molecular flexibility index (Phi) is 3.50. The van der Waals surface area contributed by atoms with E-state index in [4.69, 9.17) is 11.6 Å². The smallest absolute Gasteiger partial charge is 0.226 e. The second-order valence-electron chi connectivity index (χ2n) is 5.74. The lowest BCUT2D eigenvalue weighted by Crippen LogP contribution is -2.24. The highest BCUT2D eigenvalue weighted by molar-refractivity contribution is 6.30. The number of fused-ring (bicyclic) bond motifs is 1. The Bertz CT molecular complexity index is 918. The zero-order valence-electron chi connectivity index (χ0n) is 12.6. The number of nitrogens with one attached hydrogen (secondary N) is 1. The maximum atomic E-state index is 12.2. The summed E-state index contributed by atoms with van der Waals surface area (Å²) in [6.45, 7) is 0. The number of phenols is 1. The van der Waals surface area contributed by atoms with Crippen LogP contribution in [0.15, 0.2) is 54.7 Å². The monoisotopic (exact) mass is 339 g/mol. The number of nitrogens with zero attached hydrogens (tertiary/aromatic N) is 2. The molecule has 1 atom stereocenters. The van der Waals surface area contributed by atoms with Gasteiger partial charge in [0.2, 0.25) is 5.91 Å². The van der Waals surface area contributed by atoms with Crippen LogP contribution in [0.25, 0.3) is 5.69 Å². The van der Waals surface area contributed by atoms with E-state index in [9.17, 15) is 9.90 Å². The fourth-order valence-electron chi connectivity index (χ4n) is 3.03. The van der Waals surface area contributed by atoms with Crippen molar-refractivity contribution in [1.29, 1.82) is 0 Å². The molecule has 0 saturated carbocycles. The molecule has 2 N–H and O–H groups in total. The van der Waals surface area contributed by atoms with Crippen molar-refractivity contribution < 1.29 is 9.90 Å². The third-order valence-electron chi connectivity index (χ3n) is 4.17. The highest BCUT2D eigenvalue weighted by atomic mass is 35.5. The van der Waals surface area contributed by atoms with E-state index in [-0.39, 0.29) is 17.6 Å². The molecule has 3 aromatic rings. The van der Waals surface area contributed by atoms with Gasteiger partial charge in [-0.2, -0.15) is 5.10 Å². The van der Waals surface area contributed by atoms with Crippen LogP contribution >= 0.6 is 11.6 Å². The summed E-state index contributed by atoms with van der Waals surface area (Å²) in [5.74, 6) is 0.701. The van der Waals surface area contributed by atoms with E-state index in [2.05, 4.69) is 10.4 Å². The van der Waals surface area contributed by atoms with Gasteiger partial charge in [-0.15, -0.1) is 0 Å². The summed E-state index contributed by atoms with van der Waals surface area (Å²) in [5, 5.41) is 17.4. The van der Waals surface area contributed by atoms with Crippen LogP contribution in [0.5, 0.6) is 5.75 Å². The molecule has 0 saturated heterocycles. The Morgan fingerprint density at radius 2 is 2.00 bits per heavy atom. The molecule has 120 valence electrons. The van der Waals surface area contributed by atoms with Gasteiger partial charge in [0.15, 0.2) is 0 Å². The first kappa shape index (κ1) is 14.8. The Balaban J connectivity index is 1.81. The van der Waals surface area contributed by atoms with Gasteiger partial charge in [-0.1, -0.05) is 29.8 Å². The van der Waals surface area contributed by atoms with Crippen LogP contribution in [0.4, 0.5) is 5.82 Å². The second kappa shape index (κ2) is 5.69. The molecule has 0 spiro atoms. The van der Waals surface area contributed by atoms with Gasteiger partial charge in [-0.05, 0) is 35.9 Å². The summed E-state index contributed by atoms with van der Waals surface area (Å²) >= 11 is 6.06. The van der Waals surface area contributed by atoms with Crippen LogP contribution in [0.1, 0.15) is 23.5 Å². The minimum Gasteiger partial charge on any atom is -0.508 e.